The maximum absolute atomic E-state index is 12.3. The third kappa shape index (κ3) is 3.46. The highest BCUT2D eigenvalue weighted by Gasteiger charge is 2.18. The number of oxazole rings is 1. The minimum absolute atomic E-state index is 0.0732. The summed E-state index contributed by atoms with van der Waals surface area (Å²) in [5, 5.41) is 2.92. The molecule has 3 N–H and O–H groups in total. The van der Waals surface area contributed by atoms with Crippen LogP contribution in [0.4, 0.5) is 0 Å². The van der Waals surface area contributed by atoms with Gasteiger partial charge in [0.1, 0.15) is 5.52 Å². The van der Waals surface area contributed by atoms with Crippen LogP contribution in [-0.4, -0.2) is 24.0 Å². The number of aryl methyl sites for hydroxylation is 1. The van der Waals surface area contributed by atoms with Gasteiger partial charge >= 0.3 is 0 Å². The van der Waals surface area contributed by atoms with Crippen LogP contribution in [0.2, 0.25) is 0 Å². The zero-order valence-electron chi connectivity index (χ0n) is 13.7. The maximum atomic E-state index is 12.3. The van der Waals surface area contributed by atoms with Crippen LogP contribution < -0.4 is 11.1 Å². The number of nitrogens with zero attached hydrogens (tertiary/aromatic N) is 1. The van der Waals surface area contributed by atoms with Crippen molar-refractivity contribution in [3.05, 3.63) is 65.5 Å². The fourth-order valence-electron chi connectivity index (χ4n) is 2.73. The molecule has 1 atom stereocenters. The Labute approximate surface area is 140 Å². The smallest absolute Gasteiger partial charge is 0.228 e. The Balaban J connectivity index is 1.60. The molecule has 1 aromatic heterocycles. The van der Waals surface area contributed by atoms with E-state index in [9.17, 15) is 4.79 Å². The monoisotopic (exact) mass is 323 g/mol. The van der Waals surface area contributed by atoms with Crippen LogP contribution in [0.3, 0.4) is 0 Å². The van der Waals surface area contributed by atoms with Crippen LogP contribution >= 0.6 is 0 Å². The number of carbonyl (C=O) groups is 1. The molecule has 0 saturated carbocycles. The Morgan fingerprint density at radius 1 is 1.21 bits per heavy atom. The average molecular weight is 323 g/mol. The Morgan fingerprint density at radius 3 is 2.71 bits per heavy atom. The molecule has 5 heteroatoms. The zero-order chi connectivity index (χ0) is 16.9. The molecule has 0 aliphatic carbocycles. The standard InChI is InChI=1S/C19H21N3O2/c1-13-6-5-9-16-18(13)22-17(24-16)10-11-21-19(23)15(12-20)14-7-3-2-4-8-14/h2-9,15H,10-12,20H2,1H3,(H,21,23). The molecular formula is C19H21N3O2. The van der Waals surface area contributed by atoms with Crippen molar-refractivity contribution in [2.24, 2.45) is 5.73 Å². The Bertz CT molecular complexity index is 827. The van der Waals surface area contributed by atoms with E-state index in [1.54, 1.807) is 0 Å². The summed E-state index contributed by atoms with van der Waals surface area (Å²) in [4.78, 5) is 16.8. The molecule has 24 heavy (non-hydrogen) atoms. The van der Waals surface area contributed by atoms with E-state index in [1.165, 1.54) is 0 Å². The number of aromatic nitrogens is 1. The van der Waals surface area contributed by atoms with Crippen LogP contribution in [0.15, 0.2) is 52.9 Å². The molecule has 3 aromatic rings. The largest absolute Gasteiger partial charge is 0.441 e. The van der Waals surface area contributed by atoms with Crippen LogP contribution in [0.1, 0.15) is 22.9 Å². The van der Waals surface area contributed by atoms with Gasteiger partial charge in [0, 0.05) is 19.5 Å². The number of hydrogen-bond acceptors (Lipinski definition) is 4. The van der Waals surface area contributed by atoms with Crippen molar-refractivity contribution in [2.75, 3.05) is 13.1 Å². The summed E-state index contributed by atoms with van der Waals surface area (Å²) >= 11 is 0. The molecule has 0 saturated heterocycles. The van der Waals surface area contributed by atoms with Gasteiger partial charge in [-0.25, -0.2) is 4.98 Å². The number of hydrogen-bond donors (Lipinski definition) is 2. The first-order chi connectivity index (χ1) is 11.7. The molecule has 5 nitrogen and oxygen atoms in total. The van der Waals surface area contributed by atoms with Gasteiger partial charge in [-0.05, 0) is 24.1 Å². The van der Waals surface area contributed by atoms with Gasteiger partial charge in [-0.3, -0.25) is 4.79 Å². The van der Waals surface area contributed by atoms with Crippen LogP contribution in [-0.2, 0) is 11.2 Å². The highest BCUT2D eigenvalue weighted by Crippen LogP contribution is 2.19. The maximum Gasteiger partial charge on any atom is 0.228 e. The van der Waals surface area contributed by atoms with Gasteiger partial charge in [0.25, 0.3) is 0 Å². The van der Waals surface area contributed by atoms with Gasteiger partial charge in [-0.15, -0.1) is 0 Å². The molecule has 0 bridgehead atoms. The number of nitrogens with one attached hydrogen (secondary N) is 1. The number of carbonyl (C=O) groups excluding carboxylic acids is 1. The van der Waals surface area contributed by atoms with Crippen molar-refractivity contribution >= 4 is 17.0 Å². The quantitative estimate of drug-likeness (QED) is 0.730. The van der Waals surface area contributed by atoms with Gasteiger partial charge < -0.3 is 15.5 Å². The second kappa shape index (κ2) is 7.27. The highest BCUT2D eigenvalue weighted by atomic mass is 16.3. The van der Waals surface area contributed by atoms with Crippen molar-refractivity contribution < 1.29 is 9.21 Å². The molecule has 2 aromatic carbocycles. The van der Waals surface area contributed by atoms with Crippen molar-refractivity contribution in [1.29, 1.82) is 0 Å². The van der Waals surface area contributed by atoms with Gasteiger partial charge in [0.2, 0.25) is 5.91 Å². The van der Waals surface area contributed by atoms with E-state index in [-0.39, 0.29) is 18.4 Å². The summed E-state index contributed by atoms with van der Waals surface area (Å²) in [5.74, 6) is 0.219. The van der Waals surface area contributed by atoms with Crippen molar-refractivity contribution in [3.63, 3.8) is 0 Å². The molecular weight excluding hydrogens is 302 g/mol. The summed E-state index contributed by atoms with van der Waals surface area (Å²) < 4.78 is 5.72. The minimum Gasteiger partial charge on any atom is -0.441 e. The first kappa shape index (κ1) is 16.2. The van der Waals surface area contributed by atoms with Crippen molar-refractivity contribution in [3.8, 4) is 0 Å². The SMILES string of the molecule is Cc1cccc2oc(CCNC(=O)C(CN)c3ccccc3)nc12. The number of para-hydroxylation sites is 1. The first-order valence-electron chi connectivity index (χ1n) is 8.07. The van der Waals surface area contributed by atoms with E-state index < -0.39 is 0 Å². The second-order valence-corrected chi connectivity index (χ2v) is 5.77. The zero-order valence-corrected chi connectivity index (χ0v) is 13.7. The lowest BCUT2D eigenvalue weighted by atomic mass is 9.98. The second-order valence-electron chi connectivity index (χ2n) is 5.77. The highest BCUT2D eigenvalue weighted by molar-refractivity contribution is 5.83. The summed E-state index contributed by atoms with van der Waals surface area (Å²) in [6, 6.07) is 15.4. The number of benzene rings is 2. The molecule has 0 spiro atoms. The average Bonchev–Trinajstić information content (AvgIpc) is 3.01. The summed E-state index contributed by atoms with van der Waals surface area (Å²) in [7, 11) is 0. The lowest BCUT2D eigenvalue weighted by Crippen LogP contribution is -2.34. The van der Waals surface area contributed by atoms with E-state index >= 15 is 0 Å². The Morgan fingerprint density at radius 2 is 2.00 bits per heavy atom. The topological polar surface area (TPSA) is 81.2 Å². The molecule has 0 aliphatic heterocycles. The lowest BCUT2D eigenvalue weighted by Gasteiger charge is -2.14. The number of rotatable bonds is 6. The number of fused-ring (bicyclic) bond motifs is 1. The molecule has 1 amide bonds. The molecule has 1 unspecified atom stereocenters. The Hall–Kier alpha value is -2.66. The van der Waals surface area contributed by atoms with Gasteiger partial charge in [0.15, 0.2) is 11.5 Å². The first-order valence-corrected chi connectivity index (χ1v) is 8.07. The van der Waals surface area contributed by atoms with E-state index in [1.807, 2.05) is 55.5 Å². The van der Waals surface area contributed by atoms with E-state index in [2.05, 4.69) is 10.3 Å². The van der Waals surface area contributed by atoms with Crippen LogP contribution in [0.5, 0.6) is 0 Å². The van der Waals surface area contributed by atoms with Crippen LogP contribution in [0, 0.1) is 6.92 Å². The predicted octanol–water partition coefficient (Wildman–Crippen LogP) is 2.54. The molecule has 0 aliphatic rings. The molecule has 3 rings (SSSR count). The summed E-state index contributed by atoms with van der Waals surface area (Å²) in [6.45, 7) is 2.74. The predicted molar refractivity (Wildman–Crippen MR) is 93.7 cm³/mol. The molecule has 1 heterocycles. The number of amides is 1. The van der Waals surface area contributed by atoms with Gasteiger partial charge in [-0.2, -0.15) is 0 Å². The van der Waals surface area contributed by atoms with E-state index in [0.29, 0.717) is 18.9 Å². The van der Waals surface area contributed by atoms with E-state index in [0.717, 1.165) is 22.2 Å². The molecule has 0 fully saturated rings. The Kier molecular flexibility index (Phi) is 4.91. The van der Waals surface area contributed by atoms with E-state index in [4.69, 9.17) is 10.2 Å². The normalized spacial score (nSPS) is 12.2. The fraction of sp³-hybridized carbons (Fsp3) is 0.263. The summed E-state index contributed by atoms with van der Waals surface area (Å²) in [6.07, 6.45) is 0.548. The molecule has 124 valence electrons. The van der Waals surface area contributed by atoms with Gasteiger partial charge in [0.05, 0.1) is 5.92 Å². The van der Waals surface area contributed by atoms with Crippen LogP contribution in [0.25, 0.3) is 11.1 Å². The summed E-state index contributed by atoms with van der Waals surface area (Å²) in [5.41, 5.74) is 9.43. The van der Waals surface area contributed by atoms with Gasteiger partial charge in [-0.1, -0.05) is 42.5 Å². The van der Waals surface area contributed by atoms with Crippen molar-refractivity contribution in [2.45, 2.75) is 19.3 Å². The molecule has 0 radical (unpaired) electrons. The fourth-order valence-corrected chi connectivity index (χ4v) is 2.73. The number of nitrogens with two attached hydrogens (primary N) is 1. The third-order valence-corrected chi connectivity index (χ3v) is 4.06. The van der Waals surface area contributed by atoms with Crippen molar-refractivity contribution in [1.82, 2.24) is 10.3 Å². The lowest BCUT2D eigenvalue weighted by molar-refractivity contribution is -0.122. The third-order valence-electron chi connectivity index (χ3n) is 4.06. The minimum atomic E-state index is -0.336.